The lowest BCUT2D eigenvalue weighted by molar-refractivity contribution is -0.151. The van der Waals surface area contributed by atoms with E-state index >= 15 is 0 Å². The Morgan fingerprint density at radius 2 is 1.62 bits per heavy atom. The first-order valence-electron chi connectivity index (χ1n) is 6.02. The number of rotatable bonds is 2. The number of nitrogens with one attached hydrogen (secondary N) is 1. The zero-order valence-electron chi connectivity index (χ0n) is 11.4. The number of anilines is 1. The van der Waals surface area contributed by atoms with E-state index in [0.717, 1.165) is 0 Å². The van der Waals surface area contributed by atoms with E-state index in [1.807, 2.05) is 0 Å². The number of phenols is 1. The third-order valence-corrected chi connectivity index (χ3v) is 3.15. The lowest BCUT2D eigenvalue weighted by Gasteiger charge is -2.32. The predicted octanol–water partition coefficient (Wildman–Crippen LogP) is -0.00270. The van der Waals surface area contributed by atoms with Gasteiger partial charge in [0.05, 0.1) is 5.69 Å². The summed E-state index contributed by atoms with van der Waals surface area (Å²) in [6, 6.07) is 5.10. The number of para-hydroxylation sites is 2. The minimum atomic E-state index is -1.66. The van der Waals surface area contributed by atoms with Crippen molar-refractivity contribution >= 4 is 29.4 Å². The van der Waals surface area contributed by atoms with E-state index in [9.17, 15) is 24.3 Å². The van der Waals surface area contributed by atoms with E-state index in [2.05, 4.69) is 5.32 Å². The SMILES string of the molecule is CN1C(=O)C(C(=O)Nc2ccccc2O)C(=O)N(C)C1=O. The van der Waals surface area contributed by atoms with E-state index in [1.54, 1.807) is 12.1 Å². The summed E-state index contributed by atoms with van der Waals surface area (Å²) in [6.07, 6.45) is 0. The van der Waals surface area contributed by atoms with Crippen molar-refractivity contribution in [3.8, 4) is 5.75 Å². The van der Waals surface area contributed by atoms with Crippen LogP contribution in [0.25, 0.3) is 0 Å². The van der Waals surface area contributed by atoms with Gasteiger partial charge in [0.25, 0.3) is 11.8 Å². The molecule has 1 aliphatic rings. The highest BCUT2D eigenvalue weighted by Crippen LogP contribution is 2.23. The minimum Gasteiger partial charge on any atom is -0.506 e. The Labute approximate surface area is 119 Å². The minimum absolute atomic E-state index is 0.0744. The van der Waals surface area contributed by atoms with E-state index < -0.39 is 29.7 Å². The Kier molecular flexibility index (Phi) is 3.62. The number of urea groups is 1. The second kappa shape index (κ2) is 5.23. The number of barbiturate groups is 1. The van der Waals surface area contributed by atoms with Crippen molar-refractivity contribution in [1.82, 2.24) is 9.80 Å². The summed E-state index contributed by atoms with van der Waals surface area (Å²) in [5.41, 5.74) is 0.0744. The van der Waals surface area contributed by atoms with Crippen LogP contribution in [0.1, 0.15) is 0 Å². The number of carbonyl (C=O) groups excluding carboxylic acids is 4. The van der Waals surface area contributed by atoms with E-state index in [0.29, 0.717) is 9.80 Å². The standard InChI is InChI=1S/C13H13N3O5/c1-15-11(19)9(12(20)16(2)13(15)21)10(18)14-7-5-3-4-6-8(7)17/h3-6,9,17H,1-2H3,(H,14,18). The number of nitrogens with zero attached hydrogens (tertiary/aromatic N) is 2. The summed E-state index contributed by atoms with van der Waals surface area (Å²) >= 11 is 0. The number of aromatic hydroxyl groups is 1. The highest BCUT2D eigenvalue weighted by molar-refractivity contribution is 6.27. The maximum atomic E-state index is 12.1. The molecule has 1 aromatic rings. The molecule has 0 bridgehead atoms. The summed E-state index contributed by atoms with van der Waals surface area (Å²) in [5.74, 6) is -4.57. The van der Waals surface area contributed by atoms with Crippen molar-refractivity contribution in [2.24, 2.45) is 5.92 Å². The average Bonchev–Trinajstić information content (AvgIpc) is 2.46. The van der Waals surface area contributed by atoms with Crippen LogP contribution < -0.4 is 5.32 Å². The second-order valence-corrected chi connectivity index (χ2v) is 4.52. The number of hydrogen-bond acceptors (Lipinski definition) is 5. The summed E-state index contributed by atoms with van der Waals surface area (Å²) in [5, 5.41) is 11.9. The van der Waals surface area contributed by atoms with Gasteiger partial charge in [-0.3, -0.25) is 24.2 Å². The smallest absolute Gasteiger partial charge is 0.332 e. The van der Waals surface area contributed by atoms with E-state index in [-0.39, 0.29) is 11.4 Å². The van der Waals surface area contributed by atoms with Crippen LogP contribution in [-0.2, 0) is 14.4 Å². The molecule has 110 valence electrons. The molecule has 0 radical (unpaired) electrons. The zero-order chi connectivity index (χ0) is 15.7. The first-order valence-corrected chi connectivity index (χ1v) is 6.02. The van der Waals surface area contributed by atoms with Crippen LogP contribution in [0.5, 0.6) is 5.75 Å². The summed E-state index contributed by atoms with van der Waals surface area (Å²) in [6.45, 7) is 0. The van der Waals surface area contributed by atoms with Crippen molar-refractivity contribution in [2.75, 3.05) is 19.4 Å². The highest BCUT2D eigenvalue weighted by Gasteiger charge is 2.46. The fourth-order valence-corrected chi connectivity index (χ4v) is 1.91. The van der Waals surface area contributed by atoms with Crippen molar-refractivity contribution in [1.29, 1.82) is 0 Å². The third kappa shape index (κ3) is 2.42. The van der Waals surface area contributed by atoms with Crippen LogP contribution >= 0.6 is 0 Å². The molecule has 0 atom stereocenters. The Morgan fingerprint density at radius 1 is 1.10 bits per heavy atom. The largest absolute Gasteiger partial charge is 0.506 e. The summed E-state index contributed by atoms with van der Waals surface area (Å²) < 4.78 is 0. The molecule has 0 unspecified atom stereocenters. The predicted molar refractivity (Wildman–Crippen MR) is 71.2 cm³/mol. The van der Waals surface area contributed by atoms with Crippen molar-refractivity contribution in [3.63, 3.8) is 0 Å². The van der Waals surface area contributed by atoms with Gasteiger partial charge in [-0.25, -0.2) is 4.79 Å². The molecule has 1 fully saturated rings. The molecule has 2 N–H and O–H groups in total. The number of imide groups is 2. The molecule has 1 aromatic carbocycles. The number of phenolic OH excluding ortho intramolecular Hbond substituents is 1. The first-order chi connectivity index (χ1) is 9.84. The van der Waals surface area contributed by atoms with Crippen LogP contribution in [0, 0.1) is 5.92 Å². The van der Waals surface area contributed by atoms with Gasteiger partial charge in [0, 0.05) is 14.1 Å². The van der Waals surface area contributed by atoms with E-state index in [4.69, 9.17) is 0 Å². The monoisotopic (exact) mass is 291 g/mol. The van der Waals surface area contributed by atoms with Gasteiger partial charge in [-0.15, -0.1) is 0 Å². The fourth-order valence-electron chi connectivity index (χ4n) is 1.91. The number of hydrogen-bond donors (Lipinski definition) is 2. The van der Waals surface area contributed by atoms with Gasteiger partial charge in [-0.05, 0) is 12.1 Å². The fraction of sp³-hybridized carbons (Fsp3) is 0.231. The molecule has 5 amide bonds. The van der Waals surface area contributed by atoms with Gasteiger partial charge in [0.1, 0.15) is 5.75 Å². The van der Waals surface area contributed by atoms with Gasteiger partial charge in [-0.1, -0.05) is 12.1 Å². The third-order valence-electron chi connectivity index (χ3n) is 3.15. The van der Waals surface area contributed by atoms with Gasteiger partial charge >= 0.3 is 6.03 Å². The number of benzene rings is 1. The Balaban J connectivity index is 2.26. The maximum absolute atomic E-state index is 12.1. The maximum Gasteiger partial charge on any atom is 0.332 e. The Hall–Kier alpha value is -2.90. The summed E-state index contributed by atoms with van der Waals surface area (Å²) in [4.78, 5) is 49.0. The lowest BCUT2D eigenvalue weighted by atomic mass is 10.0. The highest BCUT2D eigenvalue weighted by atomic mass is 16.3. The van der Waals surface area contributed by atoms with Gasteiger partial charge in [0.15, 0.2) is 5.92 Å². The molecule has 1 aliphatic heterocycles. The molecule has 0 spiro atoms. The molecular formula is C13H13N3O5. The molecule has 1 saturated heterocycles. The molecule has 2 rings (SSSR count). The average molecular weight is 291 g/mol. The van der Waals surface area contributed by atoms with Crippen molar-refractivity contribution < 1.29 is 24.3 Å². The molecular weight excluding hydrogens is 278 g/mol. The van der Waals surface area contributed by atoms with Crippen molar-refractivity contribution in [3.05, 3.63) is 24.3 Å². The molecule has 0 aromatic heterocycles. The quantitative estimate of drug-likeness (QED) is 0.589. The van der Waals surface area contributed by atoms with Gasteiger partial charge < -0.3 is 10.4 Å². The molecule has 0 saturated carbocycles. The van der Waals surface area contributed by atoms with Crippen LogP contribution in [0.15, 0.2) is 24.3 Å². The second-order valence-electron chi connectivity index (χ2n) is 4.52. The number of amides is 5. The zero-order valence-corrected chi connectivity index (χ0v) is 11.4. The Bertz CT molecular complexity index is 618. The van der Waals surface area contributed by atoms with Crippen LogP contribution in [0.3, 0.4) is 0 Å². The Morgan fingerprint density at radius 3 is 2.14 bits per heavy atom. The van der Waals surface area contributed by atoms with Gasteiger partial charge in [-0.2, -0.15) is 0 Å². The van der Waals surface area contributed by atoms with Crippen LogP contribution in [0.2, 0.25) is 0 Å². The van der Waals surface area contributed by atoms with Crippen LogP contribution in [0.4, 0.5) is 10.5 Å². The van der Waals surface area contributed by atoms with Gasteiger partial charge in [0.2, 0.25) is 5.91 Å². The molecule has 8 heteroatoms. The molecule has 0 aliphatic carbocycles. The van der Waals surface area contributed by atoms with Crippen LogP contribution in [-0.4, -0.2) is 52.8 Å². The molecule has 8 nitrogen and oxygen atoms in total. The molecule has 21 heavy (non-hydrogen) atoms. The molecule has 1 heterocycles. The van der Waals surface area contributed by atoms with Crippen molar-refractivity contribution in [2.45, 2.75) is 0 Å². The summed E-state index contributed by atoms with van der Waals surface area (Å²) in [7, 11) is 2.38. The normalized spacial score (nSPS) is 16.4. The lowest BCUT2D eigenvalue weighted by Crippen LogP contribution is -2.59. The topological polar surface area (TPSA) is 107 Å². The first kappa shape index (κ1) is 14.5. The number of carbonyl (C=O) groups is 4. The van der Waals surface area contributed by atoms with E-state index in [1.165, 1.54) is 26.2 Å².